The van der Waals surface area contributed by atoms with Gasteiger partial charge in [-0.3, -0.25) is 9.59 Å². The number of rotatable bonds is 14. The van der Waals surface area contributed by atoms with E-state index in [0.717, 1.165) is 13.0 Å². The van der Waals surface area contributed by atoms with Gasteiger partial charge in [0.15, 0.2) is 5.78 Å². The van der Waals surface area contributed by atoms with Crippen LogP contribution in [0, 0.1) is 0 Å². The van der Waals surface area contributed by atoms with Crippen LogP contribution in [0.1, 0.15) is 13.3 Å². The van der Waals surface area contributed by atoms with Gasteiger partial charge in [0.1, 0.15) is 13.2 Å². The number of ether oxygens (including phenoxy) is 3. The predicted octanol–water partition coefficient (Wildman–Crippen LogP) is -0.649. The third-order valence-electron chi connectivity index (χ3n) is 2.21. The quantitative estimate of drug-likeness (QED) is 0.414. The van der Waals surface area contributed by atoms with Crippen LogP contribution in [0.4, 0.5) is 0 Å². The van der Waals surface area contributed by atoms with Crippen molar-refractivity contribution >= 4 is 11.7 Å². The molecule has 0 saturated carbocycles. The molecule has 0 atom stereocenters. The first kappa shape index (κ1) is 19.0. The summed E-state index contributed by atoms with van der Waals surface area (Å²) in [4.78, 5) is 21.9. The molecule has 0 fully saturated rings. The molecule has 2 N–H and O–H groups in total. The van der Waals surface area contributed by atoms with E-state index in [4.69, 9.17) is 14.2 Å². The van der Waals surface area contributed by atoms with Gasteiger partial charge in [-0.15, -0.1) is 0 Å². The van der Waals surface area contributed by atoms with E-state index < -0.39 is 0 Å². The summed E-state index contributed by atoms with van der Waals surface area (Å²) >= 11 is 0. The van der Waals surface area contributed by atoms with Gasteiger partial charge >= 0.3 is 0 Å². The number of carbonyl (C=O) groups is 2. The van der Waals surface area contributed by atoms with Crippen LogP contribution in [0.15, 0.2) is 0 Å². The van der Waals surface area contributed by atoms with Crippen LogP contribution in [0.25, 0.3) is 0 Å². The van der Waals surface area contributed by atoms with E-state index in [9.17, 15) is 9.59 Å². The minimum absolute atomic E-state index is 0.00550. The van der Waals surface area contributed by atoms with Crippen LogP contribution in [0.3, 0.4) is 0 Å². The molecule has 0 bridgehead atoms. The van der Waals surface area contributed by atoms with E-state index in [2.05, 4.69) is 10.6 Å². The average molecular weight is 290 g/mol. The van der Waals surface area contributed by atoms with Crippen LogP contribution < -0.4 is 10.6 Å². The van der Waals surface area contributed by atoms with Crippen molar-refractivity contribution in [2.75, 3.05) is 59.8 Å². The molecule has 0 unspecified atom stereocenters. The Bertz CT molecular complexity index is 261. The van der Waals surface area contributed by atoms with E-state index in [1.54, 1.807) is 0 Å². The third kappa shape index (κ3) is 15.0. The zero-order chi connectivity index (χ0) is 15.1. The van der Waals surface area contributed by atoms with Crippen LogP contribution >= 0.6 is 0 Å². The van der Waals surface area contributed by atoms with Crippen molar-refractivity contribution in [3.63, 3.8) is 0 Å². The van der Waals surface area contributed by atoms with E-state index in [1.165, 1.54) is 6.92 Å². The number of hydrogen-bond donors (Lipinski definition) is 2. The zero-order valence-electron chi connectivity index (χ0n) is 12.4. The Morgan fingerprint density at radius 3 is 2.10 bits per heavy atom. The largest absolute Gasteiger partial charge is 0.377 e. The SMILES string of the molecule is CNCCCNC(=O)COCCOCCOCC(C)=O. The lowest BCUT2D eigenvalue weighted by molar-refractivity contribution is -0.126. The summed E-state index contributed by atoms with van der Waals surface area (Å²) in [6.07, 6.45) is 0.894. The number of carbonyl (C=O) groups excluding carboxylic acids is 2. The summed E-state index contributed by atoms with van der Waals surface area (Å²) in [6, 6.07) is 0. The molecule has 0 saturated heterocycles. The van der Waals surface area contributed by atoms with E-state index >= 15 is 0 Å². The highest BCUT2D eigenvalue weighted by Gasteiger charge is 2.00. The van der Waals surface area contributed by atoms with Gasteiger partial charge in [-0.2, -0.15) is 0 Å². The van der Waals surface area contributed by atoms with Gasteiger partial charge < -0.3 is 24.8 Å². The van der Waals surface area contributed by atoms with Gasteiger partial charge in [0.2, 0.25) is 5.91 Å². The number of amides is 1. The highest BCUT2D eigenvalue weighted by Crippen LogP contribution is 1.82. The molecule has 0 heterocycles. The normalized spacial score (nSPS) is 10.5. The average Bonchev–Trinajstić information content (AvgIpc) is 2.41. The predicted molar refractivity (Wildman–Crippen MR) is 74.7 cm³/mol. The highest BCUT2D eigenvalue weighted by molar-refractivity contribution is 5.77. The molecule has 0 rings (SSSR count). The van der Waals surface area contributed by atoms with Crippen LogP contribution in [-0.4, -0.2) is 71.5 Å². The molecule has 0 aromatic heterocycles. The van der Waals surface area contributed by atoms with Gasteiger partial charge in [-0.1, -0.05) is 0 Å². The second-order valence-electron chi connectivity index (χ2n) is 4.23. The van der Waals surface area contributed by atoms with Crippen molar-refractivity contribution in [2.24, 2.45) is 0 Å². The Hall–Kier alpha value is -1.02. The summed E-state index contributed by atoms with van der Waals surface area (Å²) in [5, 5.41) is 5.75. The molecule has 7 nitrogen and oxygen atoms in total. The fraction of sp³-hybridized carbons (Fsp3) is 0.846. The third-order valence-corrected chi connectivity index (χ3v) is 2.21. The molecule has 0 aromatic carbocycles. The standard InChI is InChI=1S/C13H26N2O5/c1-12(16)10-19-8-6-18-7-9-20-11-13(17)15-5-3-4-14-2/h14H,3-11H2,1-2H3,(H,15,17). The minimum atomic E-state index is -0.120. The van der Waals surface area contributed by atoms with Gasteiger partial charge in [-0.25, -0.2) is 0 Å². The molecule has 0 aliphatic carbocycles. The monoisotopic (exact) mass is 290 g/mol. The van der Waals surface area contributed by atoms with Gasteiger partial charge in [0.05, 0.1) is 26.4 Å². The maximum absolute atomic E-state index is 11.3. The Labute approximate surface area is 120 Å². The number of hydrogen-bond acceptors (Lipinski definition) is 6. The molecule has 118 valence electrons. The molecular weight excluding hydrogens is 264 g/mol. The van der Waals surface area contributed by atoms with Gasteiger partial charge in [0.25, 0.3) is 0 Å². The van der Waals surface area contributed by atoms with Crippen molar-refractivity contribution in [3.05, 3.63) is 0 Å². The molecule has 0 spiro atoms. The second kappa shape index (κ2) is 14.4. The van der Waals surface area contributed by atoms with E-state index in [0.29, 0.717) is 33.0 Å². The number of Topliss-reactive ketones (excluding diaryl/α,β-unsaturated/α-hetero) is 1. The maximum atomic E-state index is 11.3. The highest BCUT2D eigenvalue weighted by atomic mass is 16.5. The van der Waals surface area contributed by atoms with Crippen molar-refractivity contribution < 1.29 is 23.8 Å². The molecule has 0 aliphatic heterocycles. The van der Waals surface area contributed by atoms with E-state index in [-0.39, 0.29) is 24.9 Å². The second-order valence-corrected chi connectivity index (χ2v) is 4.23. The van der Waals surface area contributed by atoms with Crippen LogP contribution in [0.2, 0.25) is 0 Å². The lowest BCUT2D eigenvalue weighted by atomic mass is 10.4. The molecule has 7 heteroatoms. The van der Waals surface area contributed by atoms with Crippen LogP contribution in [-0.2, 0) is 23.8 Å². The Morgan fingerprint density at radius 2 is 1.50 bits per heavy atom. The molecule has 0 aliphatic rings. The van der Waals surface area contributed by atoms with Gasteiger partial charge in [-0.05, 0) is 26.9 Å². The Balaban J connectivity index is 3.15. The Morgan fingerprint density at radius 1 is 0.900 bits per heavy atom. The maximum Gasteiger partial charge on any atom is 0.246 e. The molecule has 0 radical (unpaired) electrons. The minimum Gasteiger partial charge on any atom is -0.377 e. The van der Waals surface area contributed by atoms with E-state index in [1.807, 2.05) is 7.05 Å². The first-order valence-electron chi connectivity index (χ1n) is 6.80. The fourth-order valence-electron chi connectivity index (χ4n) is 1.26. The molecule has 0 aromatic rings. The van der Waals surface area contributed by atoms with Crippen molar-refractivity contribution in [1.29, 1.82) is 0 Å². The summed E-state index contributed by atoms with van der Waals surface area (Å²) in [7, 11) is 1.87. The van der Waals surface area contributed by atoms with Gasteiger partial charge in [0, 0.05) is 6.54 Å². The molecule has 1 amide bonds. The van der Waals surface area contributed by atoms with Crippen molar-refractivity contribution in [2.45, 2.75) is 13.3 Å². The lowest BCUT2D eigenvalue weighted by Crippen LogP contribution is -2.30. The number of ketones is 1. The summed E-state index contributed by atoms with van der Waals surface area (Å²) in [5.41, 5.74) is 0. The first-order chi connectivity index (χ1) is 9.66. The zero-order valence-corrected chi connectivity index (χ0v) is 12.4. The molecular formula is C13H26N2O5. The topological polar surface area (TPSA) is 85.9 Å². The lowest BCUT2D eigenvalue weighted by Gasteiger charge is -2.07. The van der Waals surface area contributed by atoms with Crippen molar-refractivity contribution in [1.82, 2.24) is 10.6 Å². The summed E-state index contributed by atoms with van der Waals surface area (Å²) < 4.78 is 15.4. The van der Waals surface area contributed by atoms with Crippen LogP contribution in [0.5, 0.6) is 0 Å². The smallest absolute Gasteiger partial charge is 0.246 e. The number of nitrogens with one attached hydrogen (secondary N) is 2. The molecule has 20 heavy (non-hydrogen) atoms. The summed E-state index contributed by atoms with van der Waals surface area (Å²) in [6.45, 7) is 4.70. The summed E-state index contributed by atoms with van der Waals surface area (Å²) in [5.74, 6) is -0.125. The van der Waals surface area contributed by atoms with Crippen molar-refractivity contribution in [3.8, 4) is 0 Å². The first-order valence-corrected chi connectivity index (χ1v) is 6.80. The fourth-order valence-corrected chi connectivity index (χ4v) is 1.26. The Kier molecular flexibility index (Phi) is 13.7.